The van der Waals surface area contributed by atoms with Crippen LogP contribution in [0.15, 0.2) is 23.0 Å². The van der Waals surface area contributed by atoms with Gasteiger partial charge in [0.1, 0.15) is 0 Å². The fourth-order valence-electron chi connectivity index (χ4n) is 3.60. The van der Waals surface area contributed by atoms with Crippen molar-refractivity contribution in [2.75, 3.05) is 0 Å². The van der Waals surface area contributed by atoms with Crippen molar-refractivity contribution in [1.29, 1.82) is 0 Å². The molecule has 1 aromatic carbocycles. The number of hydrogen-bond acceptors (Lipinski definition) is 2. The quantitative estimate of drug-likeness (QED) is 0.876. The van der Waals surface area contributed by atoms with Crippen molar-refractivity contribution < 1.29 is 5.11 Å². The number of aromatic hydroxyl groups is 1. The van der Waals surface area contributed by atoms with Crippen molar-refractivity contribution in [3.63, 3.8) is 0 Å². The molecule has 20 heavy (non-hydrogen) atoms. The van der Waals surface area contributed by atoms with E-state index < -0.39 is 0 Å². The highest BCUT2D eigenvalue weighted by molar-refractivity contribution is 6.34. The number of halogens is 2. The van der Waals surface area contributed by atoms with Crippen molar-refractivity contribution >= 4 is 23.2 Å². The average Bonchev–Trinajstić information content (AvgIpc) is 3.02. The number of hydrogen-bond donors (Lipinski definition) is 1. The lowest BCUT2D eigenvalue weighted by molar-refractivity contribution is 0.428. The third-order valence-electron chi connectivity index (χ3n) is 4.36. The lowest BCUT2D eigenvalue weighted by Gasteiger charge is -2.11. The maximum Gasteiger partial charge on any atom is 0.336 e. The standard InChI is InChI=1S/C14H12Cl2N2O2/c15-8-4-9(16)6-11(5-8)18-13(19)12-7-1-2-10(3-7)17(12)14(18)20/h4-7,10,19H,1-3H2/t7-,10+/m0/s1. The van der Waals surface area contributed by atoms with Crippen LogP contribution in [0.5, 0.6) is 5.88 Å². The minimum atomic E-state index is -0.206. The number of fused-ring (bicyclic) bond motifs is 5. The third-order valence-corrected chi connectivity index (χ3v) is 4.80. The molecule has 1 aliphatic carbocycles. The van der Waals surface area contributed by atoms with Crippen LogP contribution in [0.4, 0.5) is 0 Å². The summed E-state index contributed by atoms with van der Waals surface area (Å²) in [5, 5.41) is 11.3. The molecule has 2 aliphatic rings. The summed E-state index contributed by atoms with van der Waals surface area (Å²) in [5.41, 5.74) is 1.07. The minimum absolute atomic E-state index is 0.0283. The zero-order valence-corrected chi connectivity index (χ0v) is 12.0. The van der Waals surface area contributed by atoms with Crippen molar-refractivity contribution in [2.45, 2.75) is 31.2 Å². The number of aromatic nitrogens is 2. The highest BCUT2D eigenvalue weighted by atomic mass is 35.5. The summed E-state index contributed by atoms with van der Waals surface area (Å²) in [6, 6.07) is 5.09. The lowest BCUT2D eigenvalue weighted by atomic mass is 10.1. The molecule has 0 radical (unpaired) electrons. The van der Waals surface area contributed by atoms with E-state index in [-0.39, 0.29) is 17.6 Å². The van der Waals surface area contributed by atoms with Gasteiger partial charge < -0.3 is 5.11 Å². The Balaban J connectivity index is 1.99. The van der Waals surface area contributed by atoms with Gasteiger partial charge in [-0.05, 0) is 37.5 Å². The molecule has 1 saturated carbocycles. The smallest absolute Gasteiger partial charge is 0.336 e. The van der Waals surface area contributed by atoms with E-state index in [4.69, 9.17) is 23.2 Å². The Hall–Kier alpha value is -1.39. The fourth-order valence-corrected chi connectivity index (χ4v) is 4.11. The molecule has 2 bridgehead atoms. The van der Waals surface area contributed by atoms with E-state index in [1.54, 1.807) is 22.8 Å². The summed E-state index contributed by atoms with van der Waals surface area (Å²) in [4.78, 5) is 12.6. The van der Waals surface area contributed by atoms with Gasteiger partial charge >= 0.3 is 5.69 Å². The highest BCUT2D eigenvalue weighted by Gasteiger charge is 2.42. The lowest BCUT2D eigenvalue weighted by Crippen LogP contribution is -2.25. The second kappa shape index (κ2) is 4.06. The molecule has 104 valence electrons. The summed E-state index contributed by atoms with van der Waals surface area (Å²) in [6.07, 6.45) is 3.02. The van der Waals surface area contributed by atoms with Crippen LogP contribution in [-0.2, 0) is 0 Å². The zero-order chi connectivity index (χ0) is 14.0. The van der Waals surface area contributed by atoms with E-state index in [0.29, 0.717) is 21.7 Å². The predicted molar refractivity (Wildman–Crippen MR) is 77.3 cm³/mol. The first-order valence-corrected chi connectivity index (χ1v) is 7.34. The summed E-state index contributed by atoms with van der Waals surface area (Å²) < 4.78 is 3.04. The Labute approximate surface area is 125 Å². The monoisotopic (exact) mass is 310 g/mol. The van der Waals surface area contributed by atoms with E-state index in [1.165, 1.54) is 4.57 Å². The minimum Gasteiger partial charge on any atom is -0.493 e. The Bertz CT molecular complexity index is 758. The van der Waals surface area contributed by atoms with E-state index in [0.717, 1.165) is 25.0 Å². The molecule has 0 unspecified atom stereocenters. The van der Waals surface area contributed by atoms with Gasteiger partial charge in [-0.1, -0.05) is 23.2 Å². The van der Waals surface area contributed by atoms with E-state index >= 15 is 0 Å². The summed E-state index contributed by atoms with van der Waals surface area (Å²) in [5.74, 6) is 0.323. The molecule has 0 amide bonds. The Morgan fingerprint density at radius 2 is 1.85 bits per heavy atom. The van der Waals surface area contributed by atoms with E-state index in [9.17, 15) is 9.90 Å². The number of rotatable bonds is 1. The SMILES string of the molecule is O=c1n(-c2cc(Cl)cc(Cl)c2)c(O)c2n1[C@@H]1CC[C@H]2C1. The number of benzene rings is 1. The van der Waals surface area contributed by atoms with Crippen molar-refractivity contribution in [1.82, 2.24) is 9.13 Å². The van der Waals surface area contributed by atoms with E-state index in [2.05, 4.69) is 0 Å². The maximum absolute atomic E-state index is 12.6. The summed E-state index contributed by atoms with van der Waals surface area (Å²) in [7, 11) is 0. The predicted octanol–water partition coefficient (Wildman–Crippen LogP) is 3.47. The summed E-state index contributed by atoms with van der Waals surface area (Å²) in [6.45, 7) is 0. The van der Waals surface area contributed by atoms with Crippen LogP contribution >= 0.6 is 23.2 Å². The third kappa shape index (κ3) is 1.52. The molecule has 1 aliphatic heterocycles. The van der Waals surface area contributed by atoms with Crippen LogP contribution in [0.3, 0.4) is 0 Å². The van der Waals surface area contributed by atoms with Crippen molar-refractivity contribution in [2.24, 2.45) is 0 Å². The zero-order valence-electron chi connectivity index (χ0n) is 10.5. The topological polar surface area (TPSA) is 47.2 Å². The average molecular weight is 311 g/mol. The molecule has 2 heterocycles. The molecule has 1 fully saturated rings. The van der Waals surface area contributed by atoms with Crippen molar-refractivity contribution in [3.8, 4) is 11.6 Å². The van der Waals surface area contributed by atoms with Gasteiger partial charge in [-0.2, -0.15) is 0 Å². The highest BCUT2D eigenvalue weighted by Crippen LogP contribution is 2.50. The van der Waals surface area contributed by atoms with Gasteiger partial charge in [0.05, 0.1) is 11.4 Å². The largest absolute Gasteiger partial charge is 0.493 e. The first-order chi connectivity index (χ1) is 9.56. The Morgan fingerprint density at radius 3 is 2.50 bits per heavy atom. The number of imidazole rings is 1. The van der Waals surface area contributed by atoms with Gasteiger partial charge in [-0.3, -0.25) is 4.57 Å². The fraction of sp³-hybridized carbons (Fsp3) is 0.357. The van der Waals surface area contributed by atoms with Crippen molar-refractivity contribution in [3.05, 3.63) is 44.4 Å². The van der Waals surface area contributed by atoms with Gasteiger partial charge in [0.15, 0.2) is 0 Å². The molecule has 4 nitrogen and oxygen atoms in total. The van der Waals surface area contributed by atoms with Crippen LogP contribution in [0.1, 0.15) is 36.9 Å². The van der Waals surface area contributed by atoms with Gasteiger partial charge in [-0.15, -0.1) is 0 Å². The van der Waals surface area contributed by atoms with Gasteiger partial charge in [0.25, 0.3) is 0 Å². The molecular formula is C14H12Cl2N2O2. The van der Waals surface area contributed by atoms with Crippen LogP contribution in [0.2, 0.25) is 10.0 Å². The second-order valence-corrected chi connectivity index (χ2v) is 6.36. The molecular weight excluding hydrogens is 299 g/mol. The molecule has 1 N–H and O–H groups in total. The first-order valence-electron chi connectivity index (χ1n) is 6.59. The normalized spacial score (nSPS) is 23.3. The Morgan fingerprint density at radius 1 is 1.15 bits per heavy atom. The van der Waals surface area contributed by atoms with Gasteiger partial charge in [0.2, 0.25) is 5.88 Å². The summed E-state index contributed by atoms with van der Waals surface area (Å²) >= 11 is 12.0. The number of nitrogens with zero attached hydrogens (tertiary/aromatic N) is 2. The first kappa shape index (κ1) is 12.4. The molecule has 2 atom stereocenters. The molecule has 2 aromatic rings. The second-order valence-electron chi connectivity index (χ2n) is 5.49. The molecule has 6 heteroatoms. The maximum atomic E-state index is 12.6. The molecule has 0 spiro atoms. The van der Waals surface area contributed by atoms with Crippen LogP contribution in [0, 0.1) is 0 Å². The van der Waals surface area contributed by atoms with Gasteiger partial charge in [0, 0.05) is 22.0 Å². The van der Waals surface area contributed by atoms with Gasteiger partial charge in [-0.25, -0.2) is 9.36 Å². The van der Waals surface area contributed by atoms with Crippen LogP contribution in [0.25, 0.3) is 5.69 Å². The molecule has 1 aromatic heterocycles. The van der Waals surface area contributed by atoms with Crippen LogP contribution in [-0.4, -0.2) is 14.2 Å². The Kier molecular flexibility index (Phi) is 2.51. The molecule has 4 rings (SSSR count). The molecule has 0 saturated heterocycles. The van der Waals surface area contributed by atoms with Crippen LogP contribution < -0.4 is 5.69 Å². The van der Waals surface area contributed by atoms with E-state index in [1.807, 2.05) is 0 Å².